The zero-order valence-electron chi connectivity index (χ0n) is 12.0. The molecule has 9 heteroatoms. The van der Waals surface area contributed by atoms with Crippen LogP contribution >= 0.6 is 23.4 Å². The summed E-state index contributed by atoms with van der Waals surface area (Å²) in [4.78, 5) is 11.7. The number of halogens is 1. The molecule has 0 aliphatic rings. The molecule has 2 unspecified atom stereocenters. The number of nitrogens with two attached hydrogens (primary N) is 2. The largest absolute Gasteiger partial charge is 0.459 e. The van der Waals surface area contributed by atoms with Gasteiger partial charge in [-0.2, -0.15) is 11.8 Å². The Hall–Kier alpha value is -0.0200. The van der Waals surface area contributed by atoms with Crippen LogP contribution in [0.2, 0.25) is 0 Å². The highest BCUT2D eigenvalue weighted by Gasteiger charge is 2.34. The summed E-state index contributed by atoms with van der Waals surface area (Å²) in [6, 6.07) is -1.39. The van der Waals surface area contributed by atoms with E-state index in [-0.39, 0.29) is 5.75 Å². The zero-order chi connectivity index (χ0) is 16.0. The maximum Gasteiger partial charge on any atom is 0.326 e. The van der Waals surface area contributed by atoms with E-state index in [0.717, 1.165) is 0 Å². The van der Waals surface area contributed by atoms with Crippen LogP contribution in [-0.4, -0.2) is 54.5 Å². The lowest BCUT2D eigenvalue weighted by Gasteiger charge is -2.24. The molecule has 0 amide bonds. The van der Waals surface area contributed by atoms with Gasteiger partial charge in [0.1, 0.15) is 17.0 Å². The Bertz CT molecular complexity index is 409. The van der Waals surface area contributed by atoms with Crippen molar-refractivity contribution in [3.05, 3.63) is 0 Å². The van der Waals surface area contributed by atoms with Gasteiger partial charge >= 0.3 is 5.97 Å². The van der Waals surface area contributed by atoms with E-state index in [9.17, 15) is 13.2 Å². The highest BCUT2D eigenvalue weighted by molar-refractivity contribution is 8.00. The fraction of sp³-hybridized carbons (Fsp3) is 0.909. The number of rotatable bonds is 8. The Labute approximate surface area is 129 Å². The fourth-order valence-electron chi connectivity index (χ4n) is 1.20. The van der Waals surface area contributed by atoms with Crippen LogP contribution in [0.25, 0.3) is 0 Å². The summed E-state index contributed by atoms with van der Waals surface area (Å²) >= 11 is 6.90. The Morgan fingerprint density at radius 2 is 1.85 bits per heavy atom. The van der Waals surface area contributed by atoms with Crippen molar-refractivity contribution in [3.8, 4) is 0 Å². The topological polar surface area (TPSA) is 112 Å². The van der Waals surface area contributed by atoms with E-state index in [1.165, 1.54) is 11.8 Å². The molecule has 0 saturated heterocycles. The minimum Gasteiger partial charge on any atom is -0.459 e. The standard InChI is InChI=1S/C11H23ClN2O4S2/c1-11(2,3)18-10(15)8(13)9(14)20(16,17)7-6-19-5-4-12/h8-9H,4-7,13-14H2,1-3H3. The summed E-state index contributed by atoms with van der Waals surface area (Å²) in [5, 5.41) is -1.46. The number of ether oxygens (including phenoxy) is 1. The van der Waals surface area contributed by atoms with Crippen LogP contribution in [0, 0.1) is 0 Å². The van der Waals surface area contributed by atoms with Crippen molar-refractivity contribution < 1.29 is 17.9 Å². The van der Waals surface area contributed by atoms with E-state index in [1.807, 2.05) is 0 Å². The fourth-order valence-corrected chi connectivity index (χ4v) is 4.07. The van der Waals surface area contributed by atoms with E-state index in [0.29, 0.717) is 17.4 Å². The van der Waals surface area contributed by atoms with Gasteiger partial charge in [0.15, 0.2) is 9.84 Å². The number of sulfone groups is 1. The normalized spacial score (nSPS) is 15.7. The van der Waals surface area contributed by atoms with Crippen molar-refractivity contribution in [1.29, 1.82) is 0 Å². The third kappa shape index (κ3) is 7.68. The van der Waals surface area contributed by atoms with Crippen molar-refractivity contribution >= 4 is 39.2 Å². The Kier molecular flexibility index (Phi) is 8.42. The third-order valence-corrected chi connectivity index (χ3v) is 5.73. The summed E-state index contributed by atoms with van der Waals surface area (Å²) < 4.78 is 28.9. The van der Waals surface area contributed by atoms with Crippen LogP contribution in [0.4, 0.5) is 0 Å². The summed E-state index contributed by atoms with van der Waals surface area (Å²) in [5.74, 6) is 0.510. The summed E-state index contributed by atoms with van der Waals surface area (Å²) in [6.07, 6.45) is 0. The molecular weight excluding hydrogens is 324 g/mol. The lowest BCUT2D eigenvalue weighted by Crippen LogP contribution is -2.54. The van der Waals surface area contributed by atoms with Gasteiger partial charge in [-0.05, 0) is 20.8 Å². The first-order valence-electron chi connectivity index (χ1n) is 6.10. The quantitative estimate of drug-likeness (QED) is 0.370. The molecule has 0 aliphatic carbocycles. The molecule has 0 radical (unpaired) electrons. The van der Waals surface area contributed by atoms with Gasteiger partial charge in [0.25, 0.3) is 0 Å². The van der Waals surface area contributed by atoms with Crippen LogP contribution in [0.3, 0.4) is 0 Å². The Balaban J connectivity index is 4.54. The predicted octanol–water partition coefficient (Wildman–Crippen LogP) is 0.327. The highest BCUT2D eigenvalue weighted by atomic mass is 35.5. The first-order valence-corrected chi connectivity index (χ1v) is 9.51. The molecule has 0 heterocycles. The van der Waals surface area contributed by atoms with E-state index in [2.05, 4.69) is 0 Å². The molecule has 0 aliphatic heterocycles. The van der Waals surface area contributed by atoms with Gasteiger partial charge < -0.3 is 16.2 Å². The van der Waals surface area contributed by atoms with Crippen LogP contribution in [0.15, 0.2) is 0 Å². The average molecular weight is 347 g/mol. The van der Waals surface area contributed by atoms with E-state index in [4.69, 9.17) is 27.8 Å². The smallest absolute Gasteiger partial charge is 0.326 e. The van der Waals surface area contributed by atoms with Crippen molar-refractivity contribution in [2.45, 2.75) is 37.8 Å². The number of carbonyl (C=O) groups is 1. The van der Waals surface area contributed by atoms with E-state index >= 15 is 0 Å². The Morgan fingerprint density at radius 1 is 1.30 bits per heavy atom. The molecule has 0 aromatic carbocycles. The van der Waals surface area contributed by atoms with E-state index < -0.39 is 32.8 Å². The number of carbonyl (C=O) groups excluding carboxylic acids is 1. The highest BCUT2D eigenvalue weighted by Crippen LogP contribution is 2.12. The SMILES string of the molecule is CC(C)(C)OC(=O)C(N)C(N)S(=O)(=O)CCSCCCl. The first kappa shape index (κ1) is 20.0. The molecule has 0 saturated carbocycles. The second kappa shape index (κ2) is 8.43. The van der Waals surface area contributed by atoms with Crippen molar-refractivity contribution in [2.24, 2.45) is 11.5 Å². The minimum atomic E-state index is -3.65. The van der Waals surface area contributed by atoms with Gasteiger partial charge in [-0.1, -0.05) is 0 Å². The predicted molar refractivity (Wildman–Crippen MR) is 83.6 cm³/mol. The monoisotopic (exact) mass is 346 g/mol. The molecule has 0 aromatic heterocycles. The average Bonchev–Trinajstić information content (AvgIpc) is 2.30. The molecule has 6 nitrogen and oxygen atoms in total. The molecule has 0 bridgehead atoms. The number of thioether (sulfide) groups is 1. The van der Waals surface area contributed by atoms with Crippen LogP contribution in [-0.2, 0) is 19.4 Å². The number of esters is 1. The lowest BCUT2D eigenvalue weighted by atomic mass is 10.2. The summed E-state index contributed by atoms with van der Waals surface area (Å²) in [5.41, 5.74) is 10.4. The third-order valence-electron chi connectivity index (χ3n) is 2.18. The van der Waals surface area contributed by atoms with Crippen molar-refractivity contribution in [2.75, 3.05) is 23.1 Å². The zero-order valence-corrected chi connectivity index (χ0v) is 14.4. The number of alkyl halides is 1. The molecule has 20 heavy (non-hydrogen) atoms. The second-order valence-electron chi connectivity index (χ2n) is 5.19. The maximum absolute atomic E-state index is 11.9. The van der Waals surface area contributed by atoms with Gasteiger partial charge in [0, 0.05) is 17.4 Å². The molecule has 4 N–H and O–H groups in total. The molecule has 2 atom stereocenters. The molecule has 0 spiro atoms. The minimum absolute atomic E-state index is 0.147. The molecule has 0 rings (SSSR count). The van der Waals surface area contributed by atoms with Crippen LogP contribution < -0.4 is 11.5 Å². The Morgan fingerprint density at radius 3 is 2.30 bits per heavy atom. The molecule has 0 fully saturated rings. The van der Waals surface area contributed by atoms with Gasteiger partial charge in [-0.15, -0.1) is 11.6 Å². The van der Waals surface area contributed by atoms with Crippen molar-refractivity contribution in [1.82, 2.24) is 0 Å². The molecule has 0 aromatic rings. The van der Waals surface area contributed by atoms with E-state index in [1.54, 1.807) is 20.8 Å². The lowest BCUT2D eigenvalue weighted by molar-refractivity contribution is -0.156. The summed E-state index contributed by atoms with van der Waals surface area (Å²) in [6.45, 7) is 5.00. The number of hydrogen-bond acceptors (Lipinski definition) is 7. The summed E-state index contributed by atoms with van der Waals surface area (Å²) in [7, 11) is -3.65. The van der Waals surface area contributed by atoms with Gasteiger partial charge in [0.05, 0.1) is 5.75 Å². The first-order chi connectivity index (χ1) is 9.01. The van der Waals surface area contributed by atoms with Crippen LogP contribution in [0.5, 0.6) is 0 Å². The van der Waals surface area contributed by atoms with Gasteiger partial charge in [-0.25, -0.2) is 8.42 Å². The van der Waals surface area contributed by atoms with Crippen molar-refractivity contribution in [3.63, 3.8) is 0 Å². The molecular formula is C11H23ClN2O4S2. The number of hydrogen-bond donors (Lipinski definition) is 2. The van der Waals surface area contributed by atoms with Crippen LogP contribution in [0.1, 0.15) is 20.8 Å². The maximum atomic E-state index is 11.9. The molecule has 120 valence electrons. The van der Waals surface area contributed by atoms with Gasteiger partial charge in [0.2, 0.25) is 0 Å². The second-order valence-corrected chi connectivity index (χ2v) is 9.07. The van der Waals surface area contributed by atoms with Gasteiger partial charge in [-0.3, -0.25) is 4.79 Å².